The first kappa shape index (κ1) is 14.9. The van der Waals surface area contributed by atoms with Gasteiger partial charge in [-0.05, 0) is 19.8 Å². The van der Waals surface area contributed by atoms with Gasteiger partial charge in [-0.1, -0.05) is 19.3 Å². The predicted octanol–water partition coefficient (Wildman–Crippen LogP) is 1.32. The normalized spacial score (nSPS) is 19.4. The molecule has 0 spiro atoms. The predicted molar refractivity (Wildman–Crippen MR) is 68.2 cm³/mol. The SMILES string of the molecule is CCOCCOCC(O)CNC1CCCCC1. The summed E-state index contributed by atoms with van der Waals surface area (Å²) in [6, 6.07) is 0.599. The highest BCUT2D eigenvalue weighted by atomic mass is 16.5. The van der Waals surface area contributed by atoms with Crippen LogP contribution < -0.4 is 5.32 Å². The molecule has 0 aromatic rings. The highest BCUT2D eigenvalue weighted by Gasteiger charge is 2.14. The molecule has 0 saturated heterocycles. The summed E-state index contributed by atoms with van der Waals surface area (Å²) in [6.45, 7) is 4.89. The van der Waals surface area contributed by atoms with E-state index < -0.39 is 6.10 Å². The Balaban J connectivity index is 1.91. The van der Waals surface area contributed by atoms with Gasteiger partial charge in [0.15, 0.2) is 0 Å². The Morgan fingerprint density at radius 3 is 2.59 bits per heavy atom. The van der Waals surface area contributed by atoms with E-state index in [0.717, 1.165) is 6.61 Å². The van der Waals surface area contributed by atoms with Crippen molar-refractivity contribution in [3.8, 4) is 0 Å². The van der Waals surface area contributed by atoms with Gasteiger partial charge in [-0.15, -0.1) is 0 Å². The molecule has 1 aliphatic carbocycles. The van der Waals surface area contributed by atoms with Crippen molar-refractivity contribution in [2.24, 2.45) is 0 Å². The van der Waals surface area contributed by atoms with Crippen LogP contribution in [0.5, 0.6) is 0 Å². The van der Waals surface area contributed by atoms with Gasteiger partial charge in [0.2, 0.25) is 0 Å². The van der Waals surface area contributed by atoms with Crippen molar-refractivity contribution in [1.29, 1.82) is 0 Å². The quantitative estimate of drug-likeness (QED) is 0.602. The van der Waals surface area contributed by atoms with E-state index in [1.54, 1.807) is 0 Å². The Bertz CT molecular complexity index is 172. The molecule has 1 rings (SSSR count). The lowest BCUT2D eigenvalue weighted by Crippen LogP contribution is -2.38. The first-order chi connectivity index (χ1) is 8.33. The van der Waals surface area contributed by atoms with Gasteiger partial charge in [-0.2, -0.15) is 0 Å². The number of aliphatic hydroxyl groups excluding tert-OH is 1. The third kappa shape index (κ3) is 7.71. The fourth-order valence-corrected chi connectivity index (χ4v) is 2.15. The van der Waals surface area contributed by atoms with E-state index in [9.17, 15) is 5.11 Å². The number of hydrogen-bond donors (Lipinski definition) is 2. The molecule has 0 radical (unpaired) electrons. The van der Waals surface area contributed by atoms with Crippen molar-refractivity contribution in [2.45, 2.75) is 51.2 Å². The van der Waals surface area contributed by atoms with Crippen LogP contribution in [0.15, 0.2) is 0 Å². The van der Waals surface area contributed by atoms with Gasteiger partial charge in [0.25, 0.3) is 0 Å². The standard InChI is InChI=1S/C13H27NO3/c1-2-16-8-9-17-11-13(15)10-14-12-6-4-3-5-7-12/h12-15H,2-11H2,1H3. The molecule has 0 amide bonds. The first-order valence-electron chi connectivity index (χ1n) is 6.90. The van der Waals surface area contributed by atoms with E-state index in [1.165, 1.54) is 32.1 Å². The third-order valence-corrected chi connectivity index (χ3v) is 3.13. The van der Waals surface area contributed by atoms with Crippen LogP contribution in [0, 0.1) is 0 Å². The second-order valence-corrected chi connectivity index (χ2v) is 4.67. The molecule has 17 heavy (non-hydrogen) atoms. The molecule has 0 aliphatic heterocycles. The zero-order valence-electron chi connectivity index (χ0n) is 11.0. The van der Waals surface area contributed by atoms with Gasteiger partial charge in [-0.25, -0.2) is 0 Å². The van der Waals surface area contributed by atoms with E-state index in [1.807, 2.05) is 6.92 Å². The lowest BCUT2D eigenvalue weighted by Gasteiger charge is -2.24. The van der Waals surface area contributed by atoms with Gasteiger partial charge in [0.1, 0.15) is 0 Å². The summed E-state index contributed by atoms with van der Waals surface area (Å²) in [5.74, 6) is 0. The van der Waals surface area contributed by atoms with E-state index in [-0.39, 0.29) is 0 Å². The monoisotopic (exact) mass is 245 g/mol. The second kappa shape index (κ2) is 9.83. The molecule has 1 unspecified atom stereocenters. The molecule has 1 saturated carbocycles. The van der Waals surface area contributed by atoms with E-state index >= 15 is 0 Å². The smallest absolute Gasteiger partial charge is 0.0897 e. The van der Waals surface area contributed by atoms with Gasteiger partial charge in [-0.3, -0.25) is 0 Å². The van der Waals surface area contributed by atoms with Gasteiger partial charge in [0, 0.05) is 19.2 Å². The molecule has 0 heterocycles. The zero-order valence-corrected chi connectivity index (χ0v) is 11.0. The van der Waals surface area contributed by atoms with Crippen molar-refractivity contribution in [3.05, 3.63) is 0 Å². The molecule has 102 valence electrons. The second-order valence-electron chi connectivity index (χ2n) is 4.67. The molecule has 1 atom stereocenters. The summed E-state index contributed by atoms with van der Waals surface area (Å²) in [5.41, 5.74) is 0. The lowest BCUT2D eigenvalue weighted by molar-refractivity contribution is 0.00540. The summed E-state index contributed by atoms with van der Waals surface area (Å²) in [7, 11) is 0. The molecule has 0 aromatic carbocycles. The van der Waals surface area contributed by atoms with Crippen molar-refractivity contribution in [2.75, 3.05) is 33.0 Å². The molecule has 1 fully saturated rings. The summed E-state index contributed by atoms with van der Waals surface area (Å²) in [5, 5.41) is 13.1. The average molecular weight is 245 g/mol. The molecule has 0 aromatic heterocycles. The van der Waals surface area contributed by atoms with Gasteiger partial charge < -0.3 is 19.9 Å². The molecule has 1 aliphatic rings. The van der Waals surface area contributed by atoms with E-state index in [0.29, 0.717) is 32.4 Å². The average Bonchev–Trinajstić information content (AvgIpc) is 2.37. The van der Waals surface area contributed by atoms with Crippen LogP contribution in [-0.4, -0.2) is 50.2 Å². The maximum absolute atomic E-state index is 9.71. The molecule has 2 N–H and O–H groups in total. The topological polar surface area (TPSA) is 50.7 Å². The molecule has 0 bridgehead atoms. The minimum Gasteiger partial charge on any atom is -0.389 e. The Labute approximate surface area is 105 Å². The Morgan fingerprint density at radius 1 is 1.18 bits per heavy atom. The Morgan fingerprint density at radius 2 is 1.88 bits per heavy atom. The number of ether oxygens (including phenoxy) is 2. The Hall–Kier alpha value is -0.160. The summed E-state index contributed by atoms with van der Waals surface area (Å²) in [6.07, 6.45) is 6.09. The van der Waals surface area contributed by atoms with Crippen molar-refractivity contribution in [3.63, 3.8) is 0 Å². The molecule has 4 nitrogen and oxygen atoms in total. The number of rotatable bonds is 9. The van der Waals surface area contributed by atoms with Crippen LogP contribution in [-0.2, 0) is 9.47 Å². The lowest BCUT2D eigenvalue weighted by atomic mass is 9.95. The van der Waals surface area contributed by atoms with Crippen LogP contribution >= 0.6 is 0 Å². The maximum Gasteiger partial charge on any atom is 0.0897 e. The largest absolute Gasteiger partial charge is 0.389 e. The summed E-state index contributed by atoms with van der Waals surface area (Å²) >= 11 is 0. The first-order valence-corrected chi connectivity index (χ1v) is 6.90. The zero-order chi connectivity index (χ0) is 12.3. The van der Waals surface area contributed by atoms with E-state index in [2.05, 4.69) is 5.32 Å². The fraction of sp³-hybridized carbons (Fsp3) is 1.00. The van der Waals surface area contributed by atoms with Crippen LogP contribution in [0.3, 0.4) is 0 Å². The van der Waals surface area contributed by atoms with Crippen LogP contribution in [0.25, 0.3) is 0 Å². The van der Waals surface area contributed by atoms with Crippen LogP contribution in [0.4, 0.5) is 0 Å². The summed E-state index contributed by atoms with van der Waals surface area (Å²) in [4.78, 5) is 0. The molecule has 4 heteroatoms. The highest BCUT2D eigenvalue weighted by molar-refractivity contribution is 4.73. The minimum absolute atomic E-state index is 0.396. The Kier molecular flexibility index (Phi) is 8.61. The number of hydrogen-bond acceptors (Lipinski definition) is 4. The molecular weight excluding hydrogens is 218 g/mol. The highest BCUT2D eigenvalue weighted by Crippen LogP contribution is 2.17. The van der Waals surface area contributed by atoms with Gasteiger partial charge in [0.05, 0.1) is 25.9 Å². The van der Waals surface area contributed by atoms with Crippen molar-refractivity contribution >= 4 is 0 Å². The minimum atomic E-state index is -0.404. The van der Waals surface area contributed by atoms with Crippen molar-refractivity contribution in [1.82, 2.24) is 5.32 Å². The van der Waals surface area contributed by atoms with Crippen molar-refractivity contribution < 1.29 is 14.6 Å². The molecular formula is C13H27NO3. The van der Waals surface area contributed by atoms with E-state index in [4.69, 9.17) is 9.47 Å². The van der Waals surface area contributed by atoms with Crippen LogP contribution in [0.1, 0.15) is 39.0 Å². The number of nitrogens with one attached hydrogen (secondary N) is 1. The fourth-order valence-electron chi connectivity index (χ4n) is 2.15. The number of aliphatic hydroxyl groups is 1. The van der Waals surface area contributed by atoms with Crippen LogP contribution in [0.2, 0.25) is 0 Å². The summed E-state index contributed by atoms with van der Waals surface area (Å²) < 4.78 is 10.5. The third-order valence-electron chi connectivity index (χ3n) is 3.13. The van der Waals surface area contributed by atoms with Gasteiger partial charge >= 0.3 is 0 Å². The maximum atomic E-state index is 9.71.